The summed E-state index contributed by atoms with van der Waals surface area (Å²) < 4.78 is 0.680. The number of aromatic nitrogens is 2. The molecule has 5 nitrogen and oxygen atoms in total. The van der Waals surface area contributed by atoms with Crippen LogP contribution in [0, 0.1) is 6.92 Å². The van der Waals surface area contributed by atoms with Crippen LogP contribution in [0.25, 0.3) is 0 Å². The van der Waals surface area contributed by atoms with Crippen molar-refractivity contribution in [3.05, 3.63) is 28.8 Å². The quantitative estimate of drug-likeness (QED) is 0.848. The van der Waals surface area contributed by atoms with Crippen LogP contribution in [0.4, 0.5) is 10.8 Å². The average molecular weight is 315 g/mol. The van der Waals surface area contributed by atoms with Gasteiger partial charge in [0.15, 0.2) is 4.34 Å². The summed E-state index contributed by atoms with van der Waals surface area (Å²) >= 11 is 8.48. The predicted octanol–water partition coefficient (Wildman–Crippen LogP) is 2.81. The Hall–Kier alpha value is -1.31. The van der Waals surface area contributed by atoms with E-state index in [9.17, 15) is 4.79 Å². The predicted molar refractivity (Wildman–Crippen MR) is 79.9 cm³/mol. The van der Waals surface area contributed by atoms with E-state index >= 15 is 0 Å². The SMILES string of the molecule is Cc1cc(NC(=O)CSc2nnc(N)s2)ccc1Cl. The fraction of sp³-hybridized carbons (Fsp3) is 0.182. The molecule has 1 amide bonds. The van der Waals surface area contributed by atoms with Gasteiger partial charge in [0, 0.05) is 10.7 Å². The van der Waals surface area contributed by atoms with Crippen LogP contribution >= 0.6 is 34.7 Å². The lowest BCUT2D eigenvalue weighted by Gasteiger charge is -2.06. The van der Waals surface area contributed by atoms with E-state index in [2.05, 4.69) is 15.5 Å². The molecule has 0 spiro atoms. The van der Waals surface area contributed by atoms with Gasteiger partial charge >= 0.3 is 0 Å². The number of carbonyl (C=O) groups excluding carboxylic acids is 1. The first-order valence-electron chi connectivity index (χ1n) is 5.32. The van der Waals surface area contributed by atoms with E-state index < -0.39 is 0 Å². The molecule has 0 radical (unpaired) electrons. The molecule has 1 aromatic heterocycles. The summed E-state index contributed by atoms with van der Waals surface area (Å²) in [5, 5.41) is 11.4. The van der Waals surface area contributed by atoms with Gasteiger partial charge in [0.2, 0.25) is 11.0 Å². The maximum Gasteiger partial charge on any atom is 0.234 e. The maximum absolute atomic E-state index is 11.7. The van der Waals surface area contributed by atoms with Crippen molar-refractivity contribution in [1.82, 2.24) is 10.2 Å². The summed E-state index contributed by atoms with van der Waals surface area (Å²) in [5.41, 5.74) is 7.10. The topological polar surface area (TPSA) is 80.9 Å². The molecule has 19 heavy (non-hydrogen) atoms. The Bertz CT molecular complexity index is 602. The Balaban J connectivity index is 1.88. The van der Waals surface area contributed by atoms with E-state index in [-0.39, 0.29) is 11.7 Å². The van der Waals surface area contributed by atoms with E-state index in [0.29, 0.717) is 14.5 Å². The van der Waals surface area contributed by atoms with Crippen LogP contribution < -0.4 is 11.1 Å². The number of aryl methyl sites for hydroxylation is 1. The number of nitrogen functional groups attached to an aromatic ring is 1. The Morgan fingerprint density at radius 1 is 1.53 bits per heavy atom. The molecule has 0 fully saturated rings. The van der Waals surface area contributed by atoms with Crippen molar-refractivity contribution in [3.8, 4) is 0 Å². The van der Waals surface area contributed by atoms with Crippen molar-refractivity contribution in [2.24, 2.45) is 0 Å². The number of hydrogen-bond donors (Lipinski definition) is 2. The van der Waals surface area contributed by atoms with Gasteiger partial charge in [-0.3, -0.25) is 4.79 Å². The summed E-state index contributed by atoms with van der Waals surface area (Å²) in [6, 6.07) is 5.35. The van der Waals surface area contributed by atoms with Crippen LogP contribution in [0.5, 0.6) is 0 Å². The highest BCUT2D eigenvalue weighted by Gasteiger charge is 2.07. The monoisotopic (exact) mass is 314 g/mol. The highest BCUT2D eigenvalue weighted by molar-refractivity contribution is 8.01. The lowest BCUT2D eigenvalue weighted by atomic mass is 10.2. The van der Waals surface area contributed by atoms with Crippen LogP contribution in [-0.4, -0.2) is 21.9 Å². The summed E-state index contributed by atoms with van der Waals surface area (Å²) in [6.07, 6.45) is 0. The lowest BCUT2D eigenvalue weighted by molar-refractivity contribution is -0.113. The molecule has 0 bridgehead atoms. The molecule has 2 aromatic rings. The van der Waals surface area contributed by atoms with Crippen molar-refractivity contribution in [2.45, 2.75) is 11.3 Å². The van der Waals surface area contributed by atoms with Crippen molar-refractivity contribution < 1.29 is 4.79 Å². The first-order chi connectivity index (χ1) is 9.04. The van der Waals surface area contributed by atoms with E-state index in [4.69, 9.17) is 17.3 Å². The largest absolute Gasteiger partial charge is 0.374 e. The Labute approximate surface area is 123 Å². The maximum atomic E-state index is 11.7. The highest BCUT2D eigenvalue weighted by Crippen LogP contribution is 2.24. The fourth-order valence-corrected chi connectivity index (χ4v) is 2.88. The van der Waals surface area contributed by atoms with E-state index in [0.717, 1.165) is 11.3 Å². The Kier molecular flexibility index (Phi) is 4.62. The van der Waals surface area contributed by atoms with Gasteiger partial charge in [0.1, 0.15) is 0 Å². The molecule has 2 rings (SSSR count). The lowest BCUT2D eigenvalue weighted by Crippen LogP contribution is -2.14. The summed E-state index contributed by atoms with van der Waals surface area (Å²) in [5.74, 6) is 0.150. The zero-order valence-corrected chi connectivity index (χ0v) is 12.4. The second-order valence-corrected chi connectivity index (χ2v) is 6.35. The van der Waals surface area contributed by atoms with Crippen LogP contribution in [0.15, 0.2) is 22.5 Å². The molecule has 3 N–H and O–H groups in total. The minimum Gasteiger partial charge on any atom is -0.374 e. The number of hydrogen-bond acceptors (Lipinski definition) is 6. The number of benzene rings is 1. The van der Waals surface area contributed by atoms with Gasteiger partial charge in [-0.15, -0.1) is 10.2 Å². The first kappa shape index (κ1) is 14.1. The molecule has 1 heterocycles. The number of amides is 1. The standard InChI is InChI=1S/C11H11ClN4OS2/c1-6-4-7(2-3-8(6)12)14-9(17)5-18-11-16-15-10(13)19-11/h2-4H,5H2,1H3,(H2,13,15)(H,14,17). The van der Waals surface area contributed by atoms with Crippen LogP contribution in [0.3, 0.4) is 0 Å². The van der Waals surface area contributed by atoms with Crippen molar-refractivity contribution >= 4 is 51.4 Å². The number of rotatable bonds is 4. The number of carbonyl (C=O) groups is 1. The second kappa shape index (κ2) is 6.23. The van der Waals surface area contributed by atoms with Crippen LogP contribution in [0.1, 0.15) is 5.56 Å². The number of halogens is 1. The number of nitrogens with two attached hydrogens (primary N) is 1. The number of thioether (sulfide) groups is 1. The Morgan fingerprint density at radius 2 is 2.32 bits per heavy atom. The molecule has 1 aromatic carbocycles. The third-order valence-corrected chi connectivity index (χ3v) is 4.50. The van der Waals surface area contributed by atoms with Crippen molar-refractivity contribution in [1.29, 1.82) is 0 Å². The Morgan fingerprint density at radius 3 is 2.95 bits per heavy atom. The summed E-state index contributed by atoms with van der Waals surface area (Å²) in [7, 11) is 0. The average Bonchev–Trinajstić information content (AvgIpc) is 2.77. The van der Waals surface area contributed by atoms with E-state index in [1.165, 1.54) is 23.1 Å². The molecule has 0 saturated carbocycles. The van der Waals surface area contributed by atoms with Gasteiger partial charge < -0.3 is 11.1 Å². The van der Waals surface area contributed by atoms with E-state index in [1.807, 2.05) is 13.0 Å². The molecule has 0 unspecified atom stereocenters. The zero-order chi connectivity index (χ0) is 13.8. The number of nitrogens with one attached hydrogen (secondary N) is 1. The first-order valence-corrected chi connectivity index (χ1v) is 7.50. The number of nitrogens with zero attached hydrogens (tertiary/aromatic N) is 2. The second-order valence-electron chi connectivity index (χ2n) is 3.71. The molecular formula is C11H11ClN4OS2. The molecular weight excluding hydrogens is 304 g/mol. The van der Waals surface area contributed by atoms with Gasteiger partial charge in [-0.05, 0) is 30.7 Å². The van der Waals surface area contributed by atoms with Gasteiger partial charge in [0.05, 0.1) is 5.75 Å². The third kappa shape index (κ3) is 4.09. The third-order valence-electron chi connectivity index (χ3n) is 2.19. The van der Waals surface area contributed by atoms with Crippen LogP contribution in [-0.2, 0) is 4.79 Å². The summed E-state index contributed by atoms with van der Waals surface area (Å²) in [6.45, 7) is 1.89. The fourth-order valence-electron chi connectivity index (χ4n) is 1.33. The zero-order valence-electron chi connectivity index (χ0n) is 10.0. The van der Waals surface area contributed by atoms with Crippen LogP contribution in [0.2, 0.25) is 5.02 Å². The minimum atomic E-state index is -0.111. The molecule has 0 aliphatic heterocycles. The molecule has 100 valence electrons. The summed E-state index contributed by atoms with van der Waals surface area (Å²) in [4.78, 5) is 11.7. The number of anilines is 2. The van der Waals surface area contributed by atoms with Gasteiger partial charge in [0.25, 0.3) is 0 Å². The van der Waals surface area contributed by atoms with Gasteiger partial charge in [-0.25, -0.2) is 0 Å². The molecule has 8 heteroatoms. The molecule has 0 aliphatic rings. The molecule has 0 atom stereocenters. The molecule has 0 aliphatic carbocycles. The van der Waals surface area contributed by atoms with Crippen molar-refractivity contribution in [2.75, 3.05) is 16.8 Å². The highest BCUT2D eigenvalue weighted by atomic mass is 35.5. The smallest absolute Gasteiger partial charge is 0.234 e. The van der Waals surface area contributed by atoms with E-state index in [1.54, 1.807) is 12.1 Å². The van der Waals surface area contributed by atoms with Crippen molar-refractivity contribution in [3.63, 3.8) is 0 Å². The van der Waals surface area contributed by atoms with Gasteiger partial charge in [-0.1, -0.05) is 34.7 Å². The molecule has 0 saturated heterocycles. The minimum absolute atomic E-state index is 0.111. The normalized spacial score (nSPS) is 10.4. The van der Waals surface area contributed by atoms with Gasteiger partial charge in [-0.2, -0.15) is 0 Å².